The number of fused-ring (bicyclic) bond motifs is 2. The van der Waals surface area contributed by atoms with E-state index >= 15 is 0 Å². The molecule has 1 spiro atoms. The molecule has 1 atom stereocenters. The highest BCUT2D eigenvalue weighted by atomic mass is 19.1. The molecule has 2 N–H and O–H groups in total. The second kappa shape index (κ2) is 11.4. The number of ether oxygens (including phenoxy) is 2. The first kappa shape index (κ1) is 27.8. The second-order valence-electron chi connectivity index (χ2n) is 9.67. The Kier molecular flexibility index (Phi) is 7.71. The van der Waals surface area contributed by atoms with Gasteiger partial charge in [0, 0.05) is 36.5 Å². The fourth-order valence-electron chi connectivity index (χ4n) is 5.08. The van der Waals surface area contributed by atoms with Crippen LogP contribution in [0.3, 0.4) is 0 Å². The van der Waals surface area contributed by atoms with Crippen molar-refractivity contribution >= 4 is 35.0 Å². The van der Waals surface area contributed by atoms with E-state index in [1.807, 2.05) is 6.92 Å². The predicted molar refractivity (Wildman–Crippen MR) is 148 cm³/mol. The van der Waals surface area contributed by atoms with Crippen molar-refractivity contribution in [2.24, 2.45) is 0 Å². The van der Waals surface area contributed by atoms with Crippen LogP contribution in [0.4, 0.5) is 20.6 Å². The Morgan fingerprint density at radius 1 is 1.10 bits per heavy atom. The zero-order valence-electron chi connectivity index (χ0n) is 22.6. The van der Waals surface area contributed by atoms with E-state index in [9.17, 15) is 23.6 Å². The van der Waals surface area contributed by atoms with Crippen LogP contribution in [0.5, 0.6) is 5.75 Å². The summed E-state index contributed by atoms with van der Waals surface area (Å²) in [5, 5.41) is 5.10. The van der Waals surface area contributed by atoms with E-state index in [-0.39, 0.29) is 26.2 Å². The normalized spacial score (nSPS) is 17.5. The van der Waals surface area contributed by atoms with Crippen LogP contribution in [0.1, 0.15) is 23.6 Å². The van der Waals surface area contributed by atoms with Gasteiger partial charge >= 0.3 is 6.03 Å². The van der Waals surface area contributed by atoms with E-state index in [0.717, 1.165) is 0 Å². The summed E-state index contributed by atoms with van der Waals surface area (Å²) in [6, 6.07) is 17.2. The van der Waals surface area contributed by atoms with Crippen LogP contribution in [0.15, 0.2) is 66.7 Å². The van der Waals surface area contributed by atoms with Gasteiger partial charge in [0.2, 0.25) is 11.5 Å². The molecule has 1 heterocycles. The van der Waals surface area contributed by atoms with Gasteiger partial charge in [-0.2, -0.15) is 0 Å². The first-order chi connectivity index (χ1) is 19.7. The predicted octanol–water partition coefficient (Wildman–Crippen LogP) is 3.35. The highest BCUT2D eigenvalue weighted by molar-refractivity contribution is 6.15. The minimum absolute atomic E-state index is 0.0486. The summed E-state index contributed by atoms with van der Waals surface area (Å²) >= 11 is 0. The van der Waals surface area contributed by atoms with Gasteiger partial charge in [-0.15, -0.1) is 0 Å². The van der Waals surface area contributed by atoms with Gasteiger partial charge in [0.1, 0.15) is 24.8 Å². The largest absolute Gasteiger partial charge is 0.494 e. The molecule has 1 aliphatic heterocycles. The van der Waals surface area contributed by atoms with Crippen LogP contribution >= 0.6 is 0 Å². The molecule has 4 amide bonds. The summed E-state index contributed by atoms with van der Waals surface area (Å²) in [5.74, 6) is -1.30. The van der Waals surface area contributed by atoms with Crippen molar-refractivity contribution in [3.05, 3.63) is 89.2 Å². The fourth-order valence-corrected chi connectivity index (χ4v) is 5.08. The van der Waals surface area contributed by atoms with Gasteiger partial charge in [-0.25, -0.2) is 9.18 Å². The van der Waals surface area contributed by atoms with E-state index in [2.05, 4.69) is 10.6 Å². The summed E-state index contributed by atoms with van der Waals surface area (Å²) in [5.41, 5.74) is 0.816. The smallest absolute Gasteiger partial charge is 0.318 e. The monoisotopic (exact) mass is 560 g/mol. The zero-order chi connectivity index (χ0) is 29.1. The van der Waals surface area contributed by atoms with Crippen molar-refractivity contribution in [2.75, 3.05) is 37.1 Å². The standard InChI is InChI=1S/C30H29FN4O6/c1-3-40-24-6-4-5-23(15-24)35(16-19-7-9-21(31)10-8-19)27(37)17-34-18-41-30(28(34)38)25-12-11-22(33-29(39)32-2)13-20(25)14-26(30)36/h4-13,15H,3,14,16-18H2,1-2H3,(H2,32,33,39)/t30-/m1/s1. The number of Topliss-reactive ketones (excluding diaryl/α,β-unsaturated/α-hetero) is 1. The van der Waals surface area contributed by atoms with Crippen LogP contribution < -0.4 is 20.3 Å². The molecule has 10 nitrogen and oxygen atoms in total. The van der Waals surface area contributed by atoms with Gasteiger partial charge in [0.05, 0.1) is 13.2 Å². The van der Waals surface area contributed by atoms with Gasteiger partial charge in [-0.1, -0.05) is 24.3 Å². The van der Waals surface area contributed by atoms with Crippen molar-refractivity contribution in [3.63, 3.8) is 0 Å². The summed E-state index contributed by atoms with van der Waals surface area (Å²) in [4.78, 5) is 55.0. The number of hydrogen-bond donors (Lipinski definition) is 2. The van der Waals surface area contributed by atoms with Crippen LogP contribution in [0, 0.1) is 5.82 Å². The van der Waals surface area contributed by atoms with E-state index in [1.165, 1.54) is 29.0 Å². The summed E-state index contributed by atoms with van der Waals surface area (Å²) in [6.07, 6.45) is -0.0486. The Balaban J connectivity index is 1.39. The topological polar surface area (TPSA) is 117 Å². The van der Waals surface area contributed by atoms with Crippen LogP contribution in [0.25, 0.3) is 0 Å². The molecule has 3 aromatic carbocycles. The molecular formula is C30H29FN4O6. The number of hydrogen-bond acceptors (Lipinski definition) is 6. The summed E-state index contributed by atoms with van der Waals surface area (Å²) in [7, 11) is 1.48. The van der Waals surface area contributed by atoms with Crippen LogP contribution in [0.2, 0.25) is 0 Å². The molecule has 0 saturated carbocycles. The van der Waals surface area contributed by atoms with E-state index < -0.39 is 35.0 Å². The number of anilines is 2. The van der Waals surface area contributed by atoms with Crippen molar-refractivity contribution in [1.29, 1.82) is 0 Å². The Morgan fingerprint density at radius 2 is 1.88 bits per heavy atom. The Bertz CT molecular complexity index is 1510. The zero-order valence-corrected chi connectivity index (χ0v) is 22.6. The van der Waals surface area contributed by atoms with E-state index in [4.69, 9.17) is 9.47 Å². The molecule has 1 saturated heterocycles. The Labute approximate surface area is 236 Å². The molecule has 0 unspecified atom stereocenters. The maximum absolute atomic E-state index is 13.7. The highest BCUT2D eigenvalue weighted by Crippen LogP contribution is 2.43. The number of carbonyl (C=O) groups is 4. The molecule has 1 fully saturated rings. The van der Waals surface area contributed by atoms with Crippen molar-refractivity contribution < 1.29 is 33.0 Å². The van der Waals surface area contributed by atoms with Gasteiger partial charge in [0.25, 0.3) is 5.91 Å². The number of nitrogens with zero attached hydrogens (tertiary/aromatic N) is 2. The second-order valence-corrected chi connectivity index (χ2v) is 9.67. The van der Waals surface area contributed by atoms with Gasteiger partial charge in [0.15, 0.2) is 5.78 Å². The van der Waals surface area contributed by atoms with Gasteiger partial charge < -0.3 is 29.9 Å². The minimum atomic E-state index is -1.84. The van der Waals surface area contributed by atoms with E-state index in [0.29, 0.717) is 40.4 Å². The molecule has 41 heavy (non-hydrogen) atoms. The first-order valence-electron chi connectivity index (χ1n) is 13.1. The molecule has 5 rings (SSSR count). The average molecular weight is 561 g/mol. The molecule has 0 radical (unpaired) electrons. The first-order valence-corrected chi connectivity index (χ1v) is 13.1. The SMILES string of the molecule is CCOc1cccc(N(Cc2ccc(F)cc2)C(=O)CN2CO[C@]3(C(=O)Cc4cc(NC(=O)NC)ccc43)C2=O)c1. The molecular weight excluding hydrogens is 531 g/mol. The number of carbonyl (C=O) groups excluding carboxylic acids is 4. The third kappa shape index (κ3) is 5.36. The molecule has 1 aliphatic carbocycles. The number of benzene rings is 3. The third-order valence-electron chi connectivity index (χ3n) is 7.06. The molecule has 212 valence electrons. The third-order valence-corrected chi connectivity index (χ3v) is 7.06. The summed E-state index contributed by atoms with van der Waals surface area (Å²) < 4.78 is 25.0. The highest BCUT2D eigenvalue weighted by Gasteiger charge is 2.59. The number of halogens is 1. The maximum atomic E-state index is 13.7. The molecule has 0 aromatic heterocycles. The van der Waals surface area contributed by atoms with Crippen LogP contribution in [-0.2, 0) is 37.7 Å². The Morgan fingerprint density at radius 3 is 2.61 bits per heavy atom. The quantitative estimate of drug-likeness (QED) is 0.408. The van der Waals surface area contributed by atoms with Gasteiger partial charge in [-0.3, -0.25) is 14.4 Å². The number of nitrogens with one attached hydrogen (secondary N) is 2. The maximum Gasteiger partial charge on any atom is 0.318 e. The lowest BCUT2D eigenvalue weighted by Crippen LogP contribution is -2.46. The number of urea groups is 1. The van der Waals surface area contributed by atoms with Crippen molar-refractivity contribution in [2.45, 2.75) is 25.5 Å². The molecule has 3 aromatic rings. The fraction of sp³-hybridized carbons (Fsp3) is 0.267. The Hall–Kier alpha value is -4.77. The van der Waals surface area contributed by atoms with Gasteiger partial charge in [-0.05, 0) is 54.4 Å². The lowest BCUT2D eigenvalue weighted by Gasteiger charge is -2.26. The minimum Gasteiger partial charge on any atom is -0.494 e. The lowest BCUT2D eigenvalue weighted by atomic mass is 9.94. The van der Waals surface area contributed by atoms with Crippen molar-refractivity contribution in [1.82, 2.24) is 10.2 Å². The number of ketones is 1. The molecule has 11 heteroatoms. The van der Waals surface area contributed by atoms with Crippen LogP contribution in [-0.4, -0.2) is 55.5 Å². The number of rotatable bonds is 8. The van der Waals surface area contributed by atoms with E-state index in [1.54, 1.807) is 54.6 Å². The molecule has 2 aliphatic rings. The number of amides is 4. The molecule has 0 bridgehead atoms. The summed E-state index contributed by atoms with van der Waals surface area (Å²) in [6.45, 7) is 1.81. The lowest BCUT2D eigenvalue weighted by molar-refractivity contribution is -0.149. The average Bonchev–Trinajstić information content (AvgIpc) is 3.44. The van der Waals surface area contributed by atoms with Crippen molar-refractivity contribution in [3.8, 4) is 5.75 Å².